The van der Waals surface area contributed by atoms with Gasteiger partial charge in [-0.05, 0) is 38.5 Å². The van der Waals surface area contributed by atoms with E-state index in [1.54, 1.807) is 0 Å². The lowest BCUT2D eigenvalue weighted by Crippen LogP contribution is -2.65. The second kappa shape index (κ2) is 10.2. The predicted molar refractivity (Wildman–Crippen MR) is 125 cm³/mol. The molecule has 0 N–H and O–H groups in total. The number of esters is 2. The highest BCUT2D eigenvalue weighted by Crippen LogP contribution is 2.54. The molecule has 0 bridgehead atoms. The second-order valence-electron chi connectivity index (χ2n) is 11.9. The third-order valence-electron chi connectivity index (χ3n) is 8.73. The van der Waals surface area contributed by atoms with Gasteiger partial charge in [-0.1, -0.05) is 47.0 Å². The Balaban J connectivity index is 1.04. The number of rotatable bonds is 10. The van der Waals surface area contributed by atoms with Crippen LogP contribution in [0.3, 0.4) is 0 Å². The molecule has 0 amide bonds. The van der Waals surface area contributed by atoms with Crippen molar-refractivity contribution >= 4 is 11.9 Å². The molecule has 0 spiro atoms. The van der Waals surface area contributed by atoms with Crippen molar-refractivity contribution in [1.82, 2.24) is 0 Å². The number of fused-ring (bicyclic) bond motifs is 2. The van der Waals surface area contributed by atoms with E-state index in [2.05, 4.69) is 27.7 Å². The first kappa shape index (κ1) is 25.0. The molecule has 6 nitrogen and oxygen atoms in total. The van der Waals surface area contributed by atoms with Crippen molar-refractivity contribution in [2.24, 2.45) is 22.7 Å². The molecular weight excluding hydrogens is 420 g/mol. The van der Waals surface area contributed by atoms with Crippen molar-refractivity contribution in [2.45, 2.75) is 123 Å². The zero-order valence-corrected chi connectivity index (χ0v) is 21.1. The largest absolute Gasteiger partial charge is 0.461 e. The smallest absolute Gasteiger partial charge is 0.306 e. The van der Waals surface area contributed by atoms with Gasteiger partial charge >= 0.3 is 11.9 Å². The van der Waals surface area contributed by atoms with Crippen LogP contribution in [0.2, 0.25) is 0 Å². The van der Waals surface area contributed by atoms with Crippen LogP contribution in [0.25, 0.3) is 0 Å². The van der Waals surface area contributed by atoms with E-state index in [1.807, 2.05) is 0 Å². The highest BCUT2D eigenvalue weighted by atomic mass is 16.6. The van der Waals surface area contributed by atoms with Crippen LogP contribution in [0.1, 0.15) is 98.3 Å². The van der Waals surface area contributed by atoms with Gasteiger partial charge in [-0.2, -0.15) is 0 Å². The molecule has 4 fully saturated rings. The molecule has 2 heterocycles. The summed E-state index contributed by atoms with van der Waals surface area (Å²) in [6.07, 6.45) is 10.5. The van der Waals surface area contributed by atoms with E-state index < -0.39 is 0 Å². The molecule has 0 aromatic rings. The summed E-state index contributed by atoms with van der Waals surface area (Å²) in [7, 11) is 0. The van der Waals surface area contributed by atoms with Gasteiger partial charge in [-0.25, -0.2) is 0 Å². The van der Waals surface area contributed by atoms with Gasteiger partial charge in [0, 0.05) is 48.7 Å². The maximum absolute atomic E-state index is 12.3. The minimum atomic E-state index is -0.0752. The molecule has 4 aliphatic rings. The monoisotopic (exact) mass is 464 g/mol. The molecule has 6 heteroatoms. The summed E-state index contributed by atoms with van der Waals surface area (Å²) in [5, 5.41) is 0. The van der Waals surface area contributed by atoms with Crippen molar-refractivity contribution in [2.75, 3.05) is 13.2 Å². The van der Waals surface area contributed by atoms with Crippen LogP contribution >= 0.6 is 0 Å². The van der Waals surface area contributed by atoms with Gasteiger partial charge in [-0.15, -0.1) is 0 Å². The van der Waals surface area contributed by atoms with E-state index in [0.29, 0.717) is 24.7 Å². The summed E-state index contributed by atoms with van der Waals surface area (Å²) in [6, 6.07) is 0. The van der Waals surface area contributed by atoms with Crippen LogP contribution in [-0.2, 0) is 28.5 Å². The molecule has 4 rings (SSSR count). The molecule has 0 radical (unpaired) electrons. The molecule has 188 valence electrons. The maximum atomic E-state index is 12.3. The molecule has 2 saturated heterocycles. The number of carbonyl (C=O) groups excluding carboxylic acids is 2. The first-order chi connectivity index (χ1) is 15.7. The lowest BCUT2D eigenvalue weighted by Gasteiger charge is -2.58. The summed E-state index contributed by atoms with van der Waals surface area (Å²) in [5.41, 5.74) is -0.149. The van der Waals surface area contributed by atoms with Crippen molar-refractivity contribution in [3.8, 4) is 0 Å². The van der Waals surface area contributed by atoms with Crippen LogP contribution in [0.5, 0.6) is 0 Å². The van der Waals surface area contributed by atoms with Crippen molar-refractivity contribution in [3.05, 3.63) is 0 Å². The highest BCUT2D eigenvalue weighted by molar-refractivity contribution is 5.70. The van der Waals surface area contributed by atoms with Gasteiger partial charge in [0.15, 0.2) is 0 Å². The van der Waals surface area contributed by atoms with Gasteiger partial charge in [0.05, 0.1) is 12.2 Å². The first-order valence-electron chi connectivity index (χ1n) is 13.3. The molecular formula is C27H44O6. The van der Waals surface area contributed by atoms with Crippen LogP contribution in [0.15, 0.2) is 0 Å². The summed E-state index contributed by atoms with van der Waals surface area (Å²) in [4.78, 5) is 24.7. The number of ether oxygens (including phenoxy) is 4. The Morgan fingerprint density at radius 3 is 1.52 bits per heavy atom. The lowest BCUT2D eigenvalue weighted by molar-refractivity contribution is -0.255. The molecule has 33 heavy (non-hydrogen) atoms. The summed E-state index contributed by atoms with van der Waals surface area (Å²) in [5.74, 6) is 0.599. The van der Waals surface area contributed by atoms with E-state index in [9.17, 15) is 9.59 Å². The zero-order chi connectivity index (χ0) is 23.6. The molecule has 2 saturated carbocycles. The fourth-order valence-electron chi connectivity index (χ4n) is 6.90. The topological polar surface area (TPSA) is 71.1 Å². The Morgan fingerprint density at radius 1 is 0.697 bits per heavy atom. The van der Waals surface area contributed by atoms with Gasteiger partial charge in [0.1, 0.15) is 12.2 Å². The highest BCUT2D eigenvalue weighted by Gasteiger charge is 2.61. The Labute approximate surface area is 199 Å². The summed E-state index contributed by atoms with van der Waals surface area (Å²) in [6.45, 7) is 10.3. The van der Waals surface area contributed by atoms with Crippen LogP contribution < -0.4 is 0 Å². The molecule has 0 aromatic heterocycles. The molecule has 6 atom stereocenters. The molecule has 0 aromatic carbocycles. The second-order valence-corrected chi connectivity index (χ2v) is 11.9. The van der Waals surface area contributed by atoms with E-state index >= 15 is 0 Å². The third-order valence-corrected chi connectivity index (χ3v) is 8.73. The average molecular weight is 465 g/mol. The average Bonchev–Trinajstić information content (AvgIpc) is 2.80. The van der Waals surface area contributed by atoms with Gasteiger partial charge < -0.3 is 18.9 Å². The zero-order valence-electron chi connectivity index (χ0n) is 21.1. The van der Waals surface area contributed by atoms with Crippen LogP contribution in [0.4, 0.5) is 0 Å². The predicted octanol–water partition coefficient (Wildman–Crippen LogP) is 5.21. The van der Waals surface area contributed by atoms with E-state index in [-0.39, 0.29) is 47.2 Å². The minimum Gasteiger partial charge on any atom is -0.461 e. The maximum Gasteiger partial charge on any atom is 0.306 e. The van der Waals surface area contributed by atoms with Crippen molar-refractivity contribution in [3.63, 3.8) is 0 Å². The number of unbranched alkanes of at least 4 members (excludes halogenated alkanes) is 4. The minimum absolute atomic E-state index is 0.00240. The lowest BCUT2D eigenvalue weighted by atomic mass is 9.56. The van der Waals surface area contributed by atoms with Crippen molar-refractivity contribution in [1.29, 1.82) is 0 Å². The summed E-state index contributed by atoms with van der Waals surface area (Å²) < 4.78 is 23.5. The number of carbonyl (C=O) groups is 2. The van der Waals surface area contributed by atoms with Gasteiger partial charge in [0.25, 0.3) is 0 Å². The number of hydrogen-bond donors (Lipinski definition) is 0. The van der Waals surface area contributed by atoms with Crippen LogP contribution in [0, 0.1) is 22.7 Å². The Bertz CT molecular complexity index is 643. The van der Waals surface area contributed by atoms with Crippen molar-refractivity contribution < 1.29 is 28.5 Å². The number of hydrogen-bond acceptors (Lipinski definition) is 6. The Morgan fingerprint density at radius 2 is 1.09 bits per heavy atom. The van der Waals surface area contributed by atoms with E-state index in [4.69, 9.17) is 18.9 Å². The van der Waals surface area contributed by atoms with E-state index in [1.165, 1.54) is 0 Å². The van der Waals surface area contributed by atoms with Gasteiger partial charge in [0.2, 0.25) is 0 Å². The Kier molecular flexibility index (Phi) is 7.74. The molecule has 2 aliphatic carbocycles. The summed E-state index contributed by atoms with van der Waals surface area (Å²) >= 11 is 0. The van der Waals surface area contributed by atoms with Gasteiger partial charge in [-0.3, -0.25) is 9.59 Å². The standard InChI is InChI=1S/C27H44O6/c1-26(2)22-18(12-10-16-30-22)24(26)32-20(28)14-8-6-5-7-9-15-21(29)33-25-19-13-11-17-31-23(19)27(25,3)4/h18-19,22-25H,5-17H2,1-4H3. The first-order valence-corrected chi connectivity index (χ1v) is 13.3. The SMILES string of the molecule is CC1(C)C2OCCCC2C1OC(=O)CCCCCCCC(=O)OC1C2CCCOC2C1(C)C. The molecule has 6 unspecified atom stereocenters. The van der Waals surface area contributed by atoms with E-state index in [0.717, 1.165) is 71.0 Å². The fraction of sp³-hybridized carbons (Fsp3) is 0.926. The quantitative estimate of drug-likeness (QED) is 0.326. The Hall–Kier alpha value is -1.14. The fourth-order valence-corrected chi connectivity index (χ4v) is 6.90. The van der Waals surface area contributed by atoms with Crippen LogP contribution in [-0.4, -0.2) is 49.6 Å². The molecule has 2 aliphatic heterocycles. The third kappa shape index (κ3) is 5.12. The normalized spacial score (nSPS) is 35.9.